The summed E-state index contributed by atoms with van der Waals surface area (Å²) in [5.74, 6) is 3.15. The van der Waals surface area contributed by atoms with Gasteiger partial charge in [-0.2, -0.15) is 0 Å². The van der Waals surface area contributed by atoms with Crippen molar-refractivity contribution in [1.29, 1.82) is 0 Å². The molecule has 1 aliphatic rings. The second kappa shape index (κ2) is 8.36. The highest BCUT2D eigenvalue weighted by atomic mass is 32.2. The molecule has 2 atom stereocenters. The van der Waals surface area contributed by atoms with Crippen LogP contribution in [0.2, 0.25) is 0 Å². The molecule has 1 saturated heterocycles. The molecule has 8 heteroatoms. The van der Waals surface area contributed by atoms with Gasteiger partial charge in [0.05, 0.1) is 31.2 Å². The number of aromatic nitrogens is 4. The van der Waals surface area contributed by atoms with Crippen LogP contribution in [0.15, 0.2) is 40.0 Å². The summed E-state index contributed by atoms with van der Waals surface area (Å²) in [5.41, 5.74) is 0.998. The fourth-order valence-electron chi connectivity index (χ4n) is 3.25. The maximum atomic E-state index is 5.87. The number of aryl methyl sites for hydroxylation is 1. The second-order valence-corrected chi connectivity index (χ2v) is 8.16. The van der Waals surface area contributed by atoms with Crippen molar-refractivity contribution in [2.45, 2.75) is 49.7 Å². The first kappa shape index (κ1) is 19.0. The Morgan fingerprint density at radius 2 is 2.11 bits per heavy atom. The van der Waals surface area contributed by atoms with Gasteiger partial charge in [-0.15, -0.1) is 10.2 Å². The topological polar surface area (TPSA) is 75.2 Å². The highest BCUT2D eigenvalue weighted by Gasteiger charge is 2.24. The summed E-state index contributed by atoms with van der Waals surface area (Å²) in [6, 6.07) is 7.88. The number of benzene rings is 1. The fraction of sp³-hybridized carbons (Fsp3) is 0.450. The summed E-state index contributed by atoms with van der Waals surface area (Å²) in [6.45, 7) is 5.51. The predicted molar refractivity (Wildman–Crippen MR) is 106 cm³/mol. The van der Waals surface area contributed by atoms with Crippen molar-refractivity contribution in [3.8, 4) is 17.1 Å². The van der Waals surface area contributed by atoms with E-state index in [1.165, 1.54) is 0 Å². The zero-order valence-electron chi connectivity index (χ0n) is 16.3. The van der Waals surface area contributed by atoms with E-state index in [0.717, 1.165) is 54.0 Å². The molecule has 0 spiro atoms. The molecule has 7 nitrogen and oxygen atoms in total. The van der Waals surface area contributed by atoms with E-state index in [9.17, 15) is 0 Å². The van der Waals surface area contributed by atoms with E-state index in [2.05, 4.69) is 26.7 Å². The van der Waals surface area contributed by atoms with Crippen LogP contribution in [0.25, 0.3) is 11.4 Å². The highest BCUT2D eigenvalue weighted by Crippen LogP contribution is 2.36. The van der Waals surface area contributed by atoms with Gasteiger partial charge in [0, 0.05) is 12.2 Å². The van der Waals surface area contributed by atoms with Gasteiger partial charge in [0.2, 0.25) is 5.89 Å². The summed E-state index contributed by atoms with van der Waals surface area (Å²) in [5, 5.41) is 9.82. The van der Waals surface area contributed by atoms with Crippen LogP contribution in [-0.4, -0.2) is 39.6 Å². The molecule has 0 N–H and O–H groups in total. The minimum atomic E-state index is 0.0323. The third-order valence-electron chi connectivity index (χ3n) is 4.74. The minimum absolute atomic E-state index is 0.0323. The smallest absolute Gasteiger partial charge is 0.207 e. The van der Waals surface area contributed by atoms with Gasteiger partial charge < -0.3 is 13.9 Å². The molecule has 0 unspecified atom stereocenters. The van der Waals surface area contributed by atoms with Crippen molar-refractivity contribution < 1.29 is 13.9 Å². The molecule has 28 heavy (non-hydrogen) atoms. The number of methoxy groups -OCH3 is 1. The van der Waals surface area contributed by atoms with Crippen molar-refractivity contribution in [3.05, 3.63) is 42.1 Å². The Labute approximate surface area is 168 Å². The van der Waals surface area contributed by atoms with Crippen molar-refractivity contribution in [1.82, 2.24) is 19.7 Å². The van der Waals surface area contributed by atoms with Gasteiger partial charge in [-0.25, -0.2) is 4.98 Å². The third kappa shape index (κ3) is 4.07. The Balaban J connectivity index is 1.63. The van der Waals surface area contributed by atoms with Crippen molar-refractivity contribution in [2.24, 2.45) is 0 Å². The molecular formula is C20H24N4O3S. The lowest BCUT2D eigenvalue weighted by Gasteiger charge is -2.16. The largest absolute Gasteiger partial charge is 0.497 e. The first-order valence-corrected chi connectivity index (χ1v) is 10.3. The predicted octanol–water partition coefficient (Wildman–Crippen LogP) is 4.28. The maximum Gasteiger partial charge on any atom is 0.207 e. The highest BCUT2D eigenvalue weighted by molar-refractivity contribution is 7.99. The van der Waals surface area contributed by atoms with Gasteiger partial charge >= 0.3 is 0 Å². The van der Waals surface area contributed by atoms with Crippen LogP contribution >= 0.6 is 11.8 Å². The molecule has 0 saturated carbocycles. The summed E-state index contributed by atoms with van der Waals surface area (Å²) in [4.78, 5) is 4.35. The normalized spacial score (nSPS) is 17.8. The first-order valence-electron chi connectivity index (χ1n) is 9.42. The van der Waals surface area contributed by atoms with Gasteiger partial charge in [-0.3, -0.25) is 4.57 Å². The molecule has 0 bridgehead atoms. The van der Waals surface area contributed by atoms with Crippen molar-refractivity contribution in [2.75, 3.05) is 13.7 Å². The molecule has 148 valence electrons. The summed E-state index contributed by atoms with van der Waals surface area (Å²) in [6.07, 6.45) is 4.08. The van der Waals surface area contributed by atoms with Crippen LogP contribution in [0.3, 0.4) is 0 Å². The van der Waals surface area contributed by atoms with Gasteiger partial charge in [0.15, 0.2) is 11.0 Å². The van der Waals surface area contributed by atoms with Gasteiger partial charge in [-0.05, 0) is 51.0 Å². The van der Waals surface area contributed by atoms with E-state index < -0.39 is 0 Å². The first-order chi connectivity index (χ1) is 13.6. The molecule has 1 fully saturated rings. The number of hydrogen-bond acceptors (Lipinski definition) is 7. The molecule has 3 aromatic rings. The monoisotopic (exact) mass is 400 g/mol. The van der Waals surface area contributed by atoms with E-state index in [1.54, 1.807) is 25.1 Å². The Kier molecular flexibility index (Phi) is 5.68. The SMILES string of the molecule is COc1ccc(-c2nnc(S[C@H](C)c3ncc(C)o3)n2C[C@@H]2CCCO2)cc1. The maximum absolute atomic E-state index is 5.87. The van der Waals surface area contributed by atoms with Crippen LogP contribution in [0.4, 0.5) is 0 Å². The molecule has 0 radical (unpaired) electrons. The zero-order valence-corrected chi connectivity index (χ0v) is 17.1. The molecule has 3 heterocycles. The lowest BCUT2D eigenvalue weighted by Crippen LogP contribution is -2.16. The van der Waals surface area contributed by atoms with E-state index in [-0.39, 0.29) is 11.4 Å². The summed E-state index contributed by atoms with van der Waals surface area (Å²) >= 11 is 1.60. The van der Waals surface area contributed by atoms with Crippen LogP contribution in [0, 0.1) is 6.92 Å². The van der Waals surface area contributed by atoms with E-state index in [0.29, 0.717) is 5.89 Å². The second-order valence-electron chi connectivity index (χ2n) is 6.85. The third-order valence-corrected chi connectivity index (χ3v) is 5.81. The Morgan fingerprint density at radius 3 is 2.75 bits per heavy atom. The number of nitrogens with zero attached hydrogens (tertiary/aromatic N) is 4. The van der Waals surface area contributed by atoms with Crippen molar-refractivity contribution in [3.63, 3.8) is 0 Å². The van der Waals surface area contributed by atoms with E-state index in [4.69, 9.17) is 13.9 Å². The zero-order chi connectivity index (χ0) is 19.5. The number of oxazole rings is 1. The molecule has 0 amide bonds. The molecule has 0 aliphatic carbocycles. The molecule has 4 rings (SSSR count). The quantitative estimate of drug-likeness (QED) is 0.548. The average molecular weight is 401 g/mol. The van der Waals surface area contributed by atoms with Gasteiger partial charge in [0.25, 0.3) is 0 Å². The van der Waals surface area contributed by atoms with Gasteiger partial charge in [-0.1, -0.05) is 11.8 Å². The summed E-state index contributed by atoms with van der Waals surface area (Å²) in [7, 11) is 1.66. The molecular weight excluding hydrogens is 376 g/mol. The number of ether oxygens (including phenoxy) is 2. The van der Waals surface area contributed by atoms with Crippen LogP contribution in [-0.2, 0) is 11.3 Å². The Bertz CT molecular complexity index is 916. The lowest BCUT2D eigenvalue weighted by molar-refractivity contribution is 0.0953. The number of rotatable bonds is 7. The standard InChI is InChI=1S/C20H24N4O3S/c1-13-11-21-19(27-13)14(2)28-20-23-22-18(15-6-8-16(25-3)9-7-15)24(20)12-17-5-4-10-26-17/h6-9,11,14,17H,4-5,10,12H2,1-3H3/t14-,17+/m1/s1. The van der Waals surface area contributed by atoms with E-state index >= 15 is 0 Å². The molecule has 1 aliphatic heterocycles. The van der Waals surface area contributed by atoms with E-state index in [1.807, 2.05) is 31.2 Å². The van der Waals surface area contributed by atoms with Crippen LogP contribution in [0.1, 0.15) is 36.7 Å². The lowest BCUT2D eigenvalue weighted by atomic mass is 10.2. The molecule has 2 aromatic heterocycles. The van der Waals surface area contributed by atoms with Crippen LogP contribution in [0.5, 0.6) is 5.75 Å². The molecule has 1 aromatic carbocycles. The van der Waals surface area contributed by atoms with Crippen LogP contribution < -0.4 is 4.74 Å². The van der Waals surface area contributed by atoms with Crippen molar-refractivity contribution >= 4 is 11.8 Å². The Morgan fingerprint density at radius 1 is 1.29 bits per heavy atom. The minimum Gasteiger partial charge on any atom is -0.497 e. The Hall–Kier alpha value is -2.32. The number of thioether (sulfide) groups is 1. The van der Waals surface area contributed by atoms with Gasteiger partial charge in [0.1, 0.15) is 11.5 Å². The average Bonchev–Trinajstić information content (AvgIpc) is 3.45. The summed E-state index contributed by atoms with van der Waals surface area (Å²) < 4.78 is 19.0. The number of hydrogen-bond donors (Lipinski definition) is 0. The fourth-order valence-corrected chi connectivity index (χ4v) is 4.16.